The molecule has 1 amide bonds. The highest BCUT2D eigenvalue weighted by atomic mass is 35.5. The number of carbonyl (C=O) groups excluding carboxylic acids is 1. The molecule has 0 aliphatic rings. The molecule has 0 aliphatic carbocycles. The topological polar surface area (TPSA) is 42.0 Å². The highest BCUT2D eigenvalue weighted by molar-refractivity contribution is 6.33. The maximum Gasteiger partial charge on any atom is 0.257 e. The molecule has 0 fully saturated rings. The molecular formula is C12H7ClF2N2O. The average Bonchev–Trinajstić information content (AvgIpc) is 2.31. The Morgan fingerprint density at radius 1 is 1.22 bits per heavy atom. The number of nitrogens with one attached hydrogen (secondary N) is 1. The zero-order valence-corrected chi connectivity index (χ0v) is 9.71. The maximum absolute atomic E-state index is 12.9. The van der Waals surface area contributed by atoms with E-state index < -0.39 is 17.5 Å². The number of hydrogen-bond acceptors (Lipinski definition) is 2. The van der Waals surface area contributed by atoms with Crippen molar-refractivity contribution in [1.82, 2.24) is 4.98 Å². The quantitative estimate of drug-likeness (QED) is 0.908. The Kier molecular flexibility index (Phi) is 3.53. The number of amides is 1. The third-order valence-corrected chi connectivity index (χ3v) is 2.42. The van der Waals surface area contributed by atoms with Gasteiger partial charge >= 0.3 is 0 Å². The number of pyridine rings is 1. The minimum atomic E-state index is -0.827. The van der Waals surface area contributed by atoms with Crippen molar-refractivity contribution in [2.45, 2.75) is 0 Å². The summed E-state index contributed by atoms with van der Waals surface area (Å²) < 4.78 is 25.9. The fourth-order valence-corrected chi connectivity index (χ4v) is 1.51. The molecule has 0 radical (unpaired) electrons. The van der Waals surface area contributed by atoms with Crippen LogP contribution in [0.3, 0.4) is 0 Å². The Balaban J connectivity index is 2.25. The van der Waals surface area contributed by atoms with Crippen LogP contribution in [-0.4, -0.2) is 10.9 Å². The summed E-state index contributed by atoms with van der Waals surface area (Å²) >= 11 is 5.79. The molecule has 0 bridgehead atoms. The van der Waals surface area contributed by atoms with Gasteiger partial charge < -0.3 is 5.32 Å². The molecular weight excluding hydrogens is 262 g/mol. The monoisotopic (exact) mass is 268 g/mol. The second-order valence-electron chi connectivity index (χ2n) is 3.45. The molecule has 0 aliphatic heterocycles. The van der Waals surface area contributed by atoms with Gasteiger partial charge in [0.05, 0.1) is 5.02 Å². The molecule has 18 heavy (non-hydrogen) atoms. The molecule has 1 aromatic carbocycles. The lowest BCUT2D eigenvalue weighted by Gasteiger charge is -2.06. The first-order valence-electron chi connectivity index (χ1n) is 4.94. The number of anilines is 1. The van der Waals surface area contributed by atoms with E-state index in [0.717, 1.165) is 12.1 Å². The van der Waals surface area contributed by atoms with Crippen LogP contribution in [0.5, 0.6) is 0 Å². The summed E-state index contributed by atoms with van der Waals surface area (Å²) in [6.07, 6.45) is 1.44. The second-order valence-corrected chi connectivity index (χ2v) is 3.85. The van der Waals surface area contributed by atoms with E-state index in [0.29, 0.717) is 6.07 Å². The lowest BCUT2D eigenvalue weighted by atomic mass is 10.2. The average molecular weight is 269 g/mol. The zero-order valence-electron chi connectivity index (χ0n) is 8.95. The number of hydrogen-bond donors (Lipinski definition) is 1. The van der Waals surface area contributed by atoms with Crippen molar-refractivity contribution in [3.63, 3.8) is 0 Å². The molecule has 1 N–H and O–H groups in total. The van der Waals surface area contributed by atoms with E-state index in [4.69, 9.17) is 11.6 Å². The molecule has 92 valence electrons. The normalized spacial score (nSPS) is 10.2. The number of aromatic nitrogens is 1. The highest BCUT2D eigenvalue weighted by Gasteiger charge is 2.11. The van der Waals surface area contributed by atoms with Gasteiger partial charge in [-0.3, -0.25) is 4.79 Å². The van der Waals surface area contributed by atoms with Gasteiger partial charge in [0.25, 0.3) is 5.91 Å². The predicted molar refractivity (Wildman–Crippen MR) is 63.6 cm³/mol. The number of benzene rings is 1. The van der Waals surface area contributed by atoms with Crippen LogP contribution in [0.1, 0.15) is 10.4 Å². The van der Waals surface area contributed by atoms with E-state index in [-0.39, 0.29) is 16.4 Å². The smallest absolute Gasteiger partial charge is 0.257 e. The van der Waals surface area contributed by atoms with Gasteiger partial charge in [-0.05, 0) is 24.3 Å². The fraction of sp³-hybridized carbons (Fsp3) is 0. The summed E-state index contributed by atoms with van der Waals surface area (Å²) in [5.41, 5.74) is -0.144. The van der Waals surface area contributed by atoms with E-state index >= 15 is 0 Å². The third-order valence-electron chi connectivity index (χ3n) is 2.12. The van der Waals surface area contributed by atoms with Crippen molar-refractivity contribution in [3.8, 4) is 0 Å². The van der Waals surface area contributed by atoms with Crippen molar-refractivity contribution in [2.24, 2.45) is 0 Å². The van der Waals surface area contributed by atoms with Gasteiger partial charge in [-0.2, -0.15) is 0 Å². The van der Waals surface area contributed by atoms with Gasteiger partial charge in [0.15, 0.2) is 5.82 Å². The van der Waals surface area contributed by atoms with Crippen molar-refractivity contribution < 1.29 is 13.6 Å². The summed E-state index contributed by atoms with van der Waals surface area (Å²) in [4.78, 5) is 15.6. The first-order chi connectivity index (χ1) is 8.56. The first kappa shape index (κ1) is 12.4. The van der Waals surface area contributed by atoms with Crippen LogP contribution in [0, 0.1) is 11.6 Å². The highest BCUT2D eigenvalue weighted by Crippen LogP contribution is 2.18. The van der Waals surface area contributed by atoms with Crippen molar-refractivity contribution in [1.29, 1.82) is 0 Å². The third kappa shape index (κ3) is 2.81. The molecule has 6 heteroatoms. The van der Waals surface area contributed by atoms with E-state index in [2.05, 4.69) is 10.3 Å². The minimum absolute atomic E-state index is 0.133. The molecule has 0 saturated heterocycles. The molecule has 0 unspecified atom stereocenters. The molecule has 2 aromatic rings. The van der Waals surface area contributed by atoms with Gasteiger partial charge in [0.2, 0.25) is 0 Å². The lowest BCUT2D eigenvalue weighted by molar-refractivity contribution is 0.102. The predicted octanol–water partition coefficient (Wildman–Crippen LogP) is 3.27. The largest absolute Gasteiger partial charge is 0.305 e. The van der Waals surface area contributed by atoms with E-state index in [9.17, 15) is 13.6 Å². The first-order valence-corrected chi connectivity index (χ1v) is 5.32. The van der Waals surface area contributed by atoms with Crippen molar-refractivity contribution in [3.05, 3.63) is 58.7 Å². The Morgan fingerprint density at radius 2 is 1.89 bits per heavy atom. The van der Waals surface area contributed by atoms with E-state index in [1.807, 2.05) is 0 Å². The fourth-order valence-electron chi connectivity index (χ4n) is 1.34. The molecule has 2 rings (SSSR count). The molecule has 0 saturated carbocycles. The Morgan fingerprint density at radius 3 is 2.50 bits per heavy atom. The summed E-state index contributed by atoms with van der Waals surface area (Å²) in [6.45, 7) is 0. The van der Waals surface area contributed by atoms with Gasteiger partial charge in [-0.25, -0.2) is 13.8 Å². The molecule has 1 aromatic heterocycles. The Labute approximate surface area is 106 Å². The van der Waals surface area contributed by atoms with E-state index in [1.165, 1.54) is 12.3 Å². The number of halogens is 3. The molecule has 0 spiro atoms. The summed E-state index contributed by atoms with van der Waals surface area (Å²) in [6, 6.07) is 5.67. The maximum atomic E-state index is 12.9. The lowest BCUT2D eigenvalue weighted by Crippen LogP contribution is -2.13. The van der Waals surface area contributed by atoms with Crippen molar-refractivity contribution in [2.75, 3.05) is 5.32 Å². The number of nitrogens with zero attached hydrogens (tertiary/aromatic N) is 1. The number of rotatable bonds is 2. The van der Waals surface area contributed by atoms with Gasteiger partial charge in [-0.15, -0.1) is 0 Å². The van der Waals surface area contributed by atoms with Crippen LogP contribution in [0.4, 0.5) is 14.6 Å². The van der Waals surface area contributed by atoms with Gasteiger partial charge in [0, 0.05) is 17.8 Å². The molecule has 0 atom stereocenters. The van der Waals surface area contributed by atoms with Crippen molar-refractivity contribution >= 4 is 23.3 Å². The molecule has 1 heterocycles. The summed E-state index contributed by atoms with van der Waals surface area (Å²) in [5.74, 6) is -2.21. The Hall–Kier alpha value is -2.01. The SMILES string of the molecule is O=C(Nc1ncccc1Cl)c1cc(F)cc(F)c1. The zero-order chi connectivity index (χ0) is 13.1. The minimum Gasteiger partial charge on any atom is -0.305 e. The van der Waals surface area contributed by atoms with E-state index in [1.54, 1.807) is 6.07 Å². The van der Waals surface area contributed by atoms with Crippen LogP contribution in [0.2, 0.25) is 5.02 Å². The standard InChI is InChI=1S/C12H7ClF2N2O/c13-10-2-1-3-16-11(10)17-12(18)7-4-8(14)6-9(15)5-7/h1-6H,(H,16,17,18). The summed E-state index contributed by atoms with van der Waals surface area (Å²) in [7, 11) is 0. The van der Waals surface area contributed by atoms with Gasteiger partial charge in [0.1, 0.15) is 11.6 Å². The summed E-state index contributed by atoms with van der Waals surface area (Å²) in [5, 5.41) is 2.60. The van der Waals surface area contributed by atoms with Crippen LogP contribution < -0.4 is 5.32 Å². The number of carbonyl (C=O) groups is 1. The second kappa shape index (κ2) is 5.10. The van der Waals surface area contributed by atoms with Gasteiger partial charge in [-0.1, -0.05) is 11.6 Å². The van der Waals surface area contributed by atoms with Crippen LogP contribution >= 0.6 is 11.6 Å². The van der Waals surface area contributed by atoms with Crippen LogP contribution in [0.25, 0.3) is 0 Å². The van der Waals surface area contributed by atoms with Crippen LogP contribution in [0.15, 0.2) is 36.5 Å². The Bertz CT molecular complexity index is 584. The molecule has 3 nitrogen and oxygen atoms in total. The van der Waals surface area contributed by atoms with Crippen LogP contribution in [-0.2, 0) is 0 Å².